The van der Waals surface area contributed by atoms with E-state index in [9.17, 15) is 5.11 Å². The number of nitrogens with two attached hydrogens (primary N) is 1. The first-order valence-corrected chi connectivity index (χ1v) is 7.08. The zero-order valence-corrected chi connectivity index (χ0v) is 17.2. The molecule has 7 heteroatoms. The Bertz CT molecular complexity index is 737. The maximum absolute atomic E-state index is 9.59. The fraction of sp³-hybridized carbons (Fsp3) is 0.0625. The fourth-order valence-electron chi connectivity index (χ4n) is 1.74. The number of aromatic nitrogens is 1. The lowest BCUT2D eigenvalue weighted by Gasteiger charge is -1.97. The molecule has 0 saturated heterocycles. The second-order valence-electron chi connectivity index (χ2n) is 4.28. The minimum Gasteiger partial charge on any atom is -1.00 e. The summed E-state index contributed by atoms with van der Waals surface area (Å²) >= 11 is 3.25. The normalized spacial score (nSPS) is 8.96. The van der Waals surface area contributed by atoms with Crippen molar-refractivity contribution in [1.29, 1.82) is 0 Å². The van der Waals surface area contributed by atoms with Crippen LogP contribution in [0.2, 0.25) is 0 Å². The van der Waals surface area contributed by atoms with E-state index in [1.54, 1.807) is 19.2 Å². The molecule has 0 saturated carbocycles. The van der Waals surface area contributed by atoms with Crippen LogP contribution in [0.4, 0.5) is 5.69 Å². The van der Waals surface area contributed by atoms with Crippen molar-refractivity contribution in [3.05, 3.63) is 65.4 Å². The third-order valence-electron chi connectivity index (χ3n) is 2.86. The van der Waals surface area contributed by atoms with Gasteiger partial charge in [-0.2, -0.15) is 4.40 Å². The first kappa shape index (κ1) is 21.7. The smallest absolute Gasteiger partial charge is 0.253 e. The van der Waals surface area contributed by atoms with E-state index in [4.69, 9.17) is 10.5 Å². The van der Waals surface area contributed by atoms with Gasteiger partial charge in [0.2, 0.25) is 5.75 Å². The van der Waals surface area contributed by atoms with Gasteiger partial charge in [-0.25, -0.2) is 0 Å². The van der Waals surface area contributed by atoms with Gasteiger partial charge in [0.05, 0.1) is 11.6 Å². The second-order valence-corrected chi connectivity index (χ2v) is 5.13. The number of pyridine rings is 2. The van der Waals surface area contributed by atoms with Crippen LogP contribution in [0.1, 0.15) is 0 Å². The van der Waals surface area contributed by atoms with E-state index >= 15 is 0 Å². The van der Waals surface area contributed by atoms with Crippen LogP contribution in [0.25, 0.3) is 5.52 Å². The highest BCUT2D eigenvalue weighted by Gasteiger charge is 2.09. The van der Waals surface area contributed by atoms with Crippen LogP contribution in [0, 0.1) is 0 Å². The van der Waals surface area contributed by atoms with E-state index in [2.05, 4.69) is 15.9 Å². The van der Waals surface area contributed by atoms with E-state index in [-0.39, 0.29) is 39.7 Å². The van der Waals surface area contributed by atoms with Gasteiger partial charge in [0.25, 0.3) is 5.52 Å². The van der Waals surface area contributed by atoms with Gasteiger partial charge in [-0.05, 0) is 46.3 Å². The van der Waals surface area contributed by atoms with Gasteiger partial charge in [0, 0.05) is 23.9 Å². The number of fused-ring (bicyclic) bond motifs is 1. The molecule has 0 fully saturated rings. The number of nitrogen functional groups attached to an aromatic ring is 1. The van der Waals surface area contributed by atoms with Gasteiger partial charge in [0.1, 0.15) is 5.75 Å². The minimum absolute atomic E-state index is 0. The summed E-state index contributed by atoms with van der Waals surface area (Å²) in [4.78, 5) is 0. The molecular formula is C16H17Br3N2O2. The number of nitrogens with zero attached hydrogens (tertiary/aromatic N) is 1. The molecule has 0 atom stereocenters. The van der Waals surface area contributed by atoms with Crippen molar-refractivity contribution in [1.82, 2.24) is 0 Å². The van der Waals surface area contributed by atoms with Crippen LogP contribution in [0.5, 0.6) is 11.5 Å². The lowest BCUT2D eigenvalue weighted by molar-refractivity contribution is -0.512. The molecule has 0 unspecified atom stereocenters. The molecule has 4 nitrogen and oxygen atoms in total. The number of halogens is 3. The van der Waals surface area contributed by atoms with Crippen molar-refractivity contribution >= 4 is 44.1 Å². The molecule has 23 heavy (non-hydrogen) atoms. The zero-order valence-electron chi connectivity index (χ0n) is 12.3. The number of methoxy groups -OCH3 is 1. The number of hydrogen-bond donors (Lipinski definition) is 2. The minimum atomic E-state index is 0. The Morgan fingerprint density at radius 1 is 1.04 bits per heavy atom. The predicted octanol–water partition coefficient (Wildman–Crippen LogP) is 0.753. The molecule has 0 bridgehead atoms. The third-order valence-corrected chi connectivity index (χ3v) is 3.50. The van der Waals surface area contributed by atoms with Gasteiger partial charge in [0.15, 0.2) is 12.4 Å². The van der Waals surface area contributed by atoms with Crippen molar-refractivity contribution in [3.63, 3.8) is 0 Å². The quantitative estimate of drug-likeness (QED) is 0.377. The largest absolute Gasteiger partial charge is 1.00 e. The summed E-state index contributed by atoms with van der Waals surface area (Å²) in [5.74, 6) is 1.11. The molecule has 0 aliphatic rings. The van der Waals surface area contributed by atoms with Crippen molar-refractivity contribution < 1.29 is 31.2 Å². The number of hydrogen-bond acceptors (Lipinski definition) is 3. The number of benzene rings is 1. The van der Waals surface area contributed by atoms with Crippen molar-refractivity contribution in [3.8, 4) is 11.5 Å². The Morgan fingerprint density at radius 2 is 1.70 bits per heavy atom. The van der Waals surface area contributed by atoms with Gasteiger partial charge in [-0.3, -0.25) is 0 Å². The van der Waals surface area contributed by atoms with Crippen LogP contribution < -0.4 is 31.9 Å². The molecule has 0 aliphatic heterocycles. The van der Waals surface area contributed by atoms with Gasteiger partial charge < -0.3 is 32.6 Å². The van der Waals surface area contributed by atoms with Crippen LogP contribution >= 0.6 is 32.9 Å². The van der Waals surface area contributed by atoms with E-state index in [0.29, 0.717) is 4.47 Å². The number of aromatic hydroxyl groups is 1. The van der Waals surface area contributed by atoms with Crippen LogP contribution in [0.15, 0.2) is 65.4 Å². The number of rotatable bonds is 1. The zero-order chi connectivity index (χ0) is 15.2. The highest BCUT2D eigenvalue weighted by Crippen LogP contribution is 2.24. The standard InChI is InChI=1S/C9H6BrNO.C7H9NO.2BrH/c10-7-4-6-11-5-2-1-3-8(11)9(7)12;1-9-7-4-2-6(8)3-5-7;;/h1-6H;2-5H,8H2,1H3;2*1H. The predicted molar refractivity (Wildman–Crippen MR) is 96.7 cm³/mol. The maximum Gasteiger partial charge on any atom is 0.253 e. The molecule has 124 valence electrons. The average Bonchev–Trinajstić information content (AvgIpc) is 2.53. The lowest BCUT2D eigenvalue weighted by Crippen LogP contribution is -3.00. The van der Waals surface area contributed by atoms with E-state index in [0.717, 1.165) is 17.0 Å². The molecule has 3 N–H and O–H groups in total. The third kappa shape index (κ3) is 6.01. The van der Waals surface area contributed by atoms with Gasteiger partial charge in [-0.1, -0.05) is 0 Å². The highest BCUT2D eigenvalue weighted by atomic mass is 79.9. The van der Waals surface area contributed by atoms with Crippen LogP contribution in [-0.4, -0.2) is 12.2 Å². The fourth-order valence-corrected chi connectivity index (χ4v) is 2.06. The topological polar surface area (TPSA) is 59.6 Å². The van der Waals surface area contributed by atoms with E-state index in [1.807, 2.05) is 53.2 Å². The summed E-state index contributed by atoms with van der Waals surface area (Å²) in [6.45, 7) is 0. The summed E-state index contributed by atoms with van der Waals surface area (Å²) < 4.78 is 7.49. The monoisotopic (exact) mass is 506 g/mol. The molecule has 0 spiro atoms. The lowest BCUT2D eigenvalue weighted by atomic mass is 10.3. The Labute approximate surface area is 164 Å². The molecule has 0 amide bonds. The molecular weight excluding hydrogens is 492 g/mol. The Hall–Kier alpha value is -1.31. The van der Waals surface area contributed by atoms with E-state index in [1.165, 1.54) is 0 Å². The van der Waals surface area contributed by atoms with Crippen molar-refractivity contribution in [2.45, 2.75) is 0 Å². The average molecular weight is 509 g/mol. The maximum atomic E-state index is 9.59. The van der Waals surface area contributed by atoms with Crippen molar-refractivity contribution in [2.24, 2.45) is 0 Å². The SMILES string of the molecule is Br.COc1ccc(N)cc1.Oc1c(Br)cc[n+]2ccccc12.[Br-]. The van der Waals surface area contributed by atoms with Gasteiger partial charge >= 0.3 is 0 Å². The Kier molecular flexibility index (Phi) is 9.87. The molecule has 1 aromatic carbocycles. The summed E-state index contributed by atoms with van der Waals surface area (Å²) in [5, 5.41) is 9.59. The van der Waals surface area contributed by atoms with E-state index < -0.39 is 0 Å². The molecule has 0 radical (unpaired) electrons. The Morgan fingerprint density at radius 3 is 2.30 bits per heavy atom. The first-order valence-electron chi connectivity index (χ1n) is 6.29. The first-order chi connectivity index (χ1) is 10.1. The summed E-state index contributed by atoms with van der Waals surface area (Å²) in [6, 6.07) is 14.7. The Balaban J connectivity index is 0.000000401. The summed E-state index contributed by atoms with van der Waals surface area (Å²) in [6.07, 6.45) is 3.78. The summed E-state index contributed by atoms with van der Waals surface area (Å²) in [5.41, 5.74) is 6.98. The molecule has 3 rings (SSSR count). The second kappa shape index (κ2) is 10.5. The van der Waals surface area contributed by atoms with Crippen molar-refractivity contribution in [2.75, 3.05) is 12.8 Å². The van der Waals surface area contributed by atoms with Gasteiger partial charge in [-0.15, -0.1) is 17.0 Å². The number of ether oxygens (including phenoxy) is 1. The highest BCUT2D eigenvalue weighted by molar-refractivity contribution is 9.10. The molecule has 2 heterocycles. The molecule has 0 aliphatic carbocycles. The molecule has 2 aromatic heterocycles. The van der Waals surface area contributed by atoms with Crippen LogP contribution in [0.3, 0.4) is 0 Å². The summed E-state index contributed by atoms with van der Waals surface area (Å²) in [7, 11) is 1.63. The van der Waals surface area contributed by atoms with Crippen LogP contribution in [-0.2, 0) is 0 Å². The molecule has 3 aromatic rings. The number of anilines is 1.